The summed E-state index contributed by atoms with van der Waals surface area (Å²) in [4.78, 5) is 25.6. The van der Waals surface area contributed by atoms with Crippen molar-refractivity contribution in [2.45, 2.75) is 44.9 Å². The van der Waals surface area contributed by atoms with E-state index in [1.54, 1.807) is 24.3 Å². The van der Waals surface area contributed by atoms with Crippen molar-refractivity contribution >= 4 is 17.7 Å². The minimum Gasteiger partial charge on any atom is -0.407 e. The molecule has 6 nitrogen and oxygen atoms in total. The van der Waals surface area contributed by atoms with E-state index in [-0.39, 0.29) is 12.5 Å². The number of benzene rings is 1. The van der Waals surface area contributed by atoms with Crippen molar-refractivity contribution in [3.05, 3.63) is 30.3 Å². The number of ether oxygens (including phenoxy) is 1. The molecule has 1 saturated heterocycles. The van der Waals surface area contributed by atoms with Crippen molar-refractivity contribution in [2.24, 2.45) is 0 Å². The predicted octanol–water partition coefficient (Wildman–Crippen LogP) is 2.03. The molecule has 2 amide bonds. The van der Waals surface area contributed by atoms with Crippen molar-refractivity contribution in [2.75, 3.05) is 11.4 Å². The van der Waals surface area contributed by atoms with Crippen LogP contribution in [0.4, 0.5) is 10.5 Å². The van der Waals surface area contributed by atoms with Crippen LogP contribution >= 0.6 is 0 Å². The Morgan fingerprint density at radius 3 is 2.77 bits per heavy atom. The minimum absolute atomic E-state index is 0.0519. The summed E-state index contributed by atoms with van der Waals surface area (Å²) in [6, 6.07) is 8.93. The summed E-state index contributed by atoms with van der Waals surface area (Å²) in [5.74, 6) is -2.71. The van der Waals surface area contributed by atoms with Gasteiger partial charge in [-0.3, -0.25) is 4.79 Å². The third kappa shape index (κ3) is 3.57. The van der Waals surface area contributed by atoms with Crippen LogP contribution in [0.25, 0.3) is 0 Å². The van der Waals surface area contributed by atoms with Crippen molar-refractivity contribution in [3.63, 3.8) is 0 Å². The van der Waals surface area contributed by atoms with Crippen LogP contribution in [0, 0.1) is 0 Å². The highest BCUT2D eigenvalue weighted by molar-refractivity contribution is 6.01. The number of nitrogens with one attached hydrogen (secondary N) is 1. The average Bonchev–Trinajstić information content (AvgIpc) is 2.75. The van der Waals surface area contributed by atoms with Crippen LogP contribution in [0.15, 0.2) is 30.3 Å². The first-order chi connectivity index (χ1) is 10.5. The van der Waals surface area contributed by atoms with Gasteiger partial charge in [0.1, 0.15) is 0 Å². The average molecular weight is 306 g/mol. The fourth-order valence-corrected chi connectivity index (χ4v) is 2.52. The molecule has 1 aromatic rings. The highest BCUT2D eigenvalue weighted by Crippen LogP contribution is 2.29. The molecule has 0 spiro atoms. The van der Waals surface area contributed by atoms with E-state index >= 15 is 0 Å². The lowest BCUT2D eigenvalue weighted by atomic mass is 10.2. The molecular weight excluding hydrogens is 284 g/mol. The number of rotatable bonds is 5. The summed E-state index contributed by atoms with van der Waals surface area (Å²) in [6.45, 7) is 4.16. The van der Waals surface area contributed by atoms with Gasteiger partial charge in [0, 0.05) is 24.7 Å². The maximum atomic E-state index is 12.3. The monoisotopic (exact) mass is 306 g/mol. The van der Waals surface area contributed by atoms with Gasteiger partial charge in [0.15, 0.2) is 0 Å². The number of carbonyl (C=O) groups is 2. The Kier molecular flexibility index (Phi) is 5.03. The first kappa shape index (κ1) is 16.3. The number of carbonyl (C=O) groups excluding carboxylic acids is 2. The highest BCUT2D eigenvalue weighted by Gasteiger charge is 2.49. The predicted molar refractivity (Wildman–Crippen MR) is 82.3 cm³/mol. The van der Waals surface area contributed by atoms with Crippen molar-refractivity contribution in [1.82, 2.24) is 5.32 Å². The highest BCUT2D eigenvalue weighted by atomic mass is 16.7. The van der Waals surface area contributed by atoms with E-state index in [2.05, 4.69) is 5.32 Å². The van der Waals surface area contributed by atoms with E-state index in [1.165, 1.54) is 4.90 Å². The first-order valence-electron chi connectivity index (χ1n) is 7.55. The van der Waals surface area contributed by atoms with E-state index in [9.17, 15) is 14.7 Å². The van der Waals surface area contributed by atoms with E-state index in [4.69, 9.17) is 4.74 Å². The van der Waals surface area contributed by atoms with Gasteiger partial charge in [0.2, 0.25) is 0 Å². The van der Waals surface area contributed by atoms with Crippen molar-refractivity contribution in [1.29, 1.82) is 0 Å². The number of anilines is 1. The number of para-hydroxylation sites is 1. The summed E-state index contributed by atoms with van der Waals surface area (Å²) in [5, 5.41) is 12.9. The molecule has 2 N–H and O–H groups in total. The molecule has 6 heteroatoms. The second-order valence-corrected chi connectivity index (χ2v) is 5.55. The molecule has 0 aromatic heterocycles. The van der Waals surface area contributed by atoms with Gasteiger partial charge < -0.3 is 20.1 Å². The summed E-state index contributed by atoms with van der Waals surface area (Å²) in [6.07, 6.45) is 1.01. The fraction of sp³-hybridized carbons (Fsp3) is 0.500. The molecule has 2 rings (SSSR count). The lowest BCUT2D eigenvalue weighted by Crippen LogP contribution is -2.47. The van der Waals surface area contributed by atoms with Crippen molar-refractivity contribution in [3.8, 4) is 0 Å². The number of amides is 2. The number of alkyl carbamates (subject to hydrolysis) is 1. The molecule has 1 aliphatic heterocycles. The number of nitrogens with zero attached hydrogens (tertiary/aromatic N) is 1. The summed E-state index contributed by atoms with van der Waals surface area (Å²) in [5.41, 5.74) is 0.673. The van der Waals surface area contributed by atoms with E-state index < -0.39 is 17.8 Å². The molecule has 1 heterocycles. The lowest BCUT2D eigenvalue weighted by Gasteiger charge is -2.23. The number of hydrogen-bond donors (Lipinski definition) is 2. The first-order valence-corrected chi connectivity index (χ1v) is 7.55. The van der Waals surface area contributed by atoms with Gasteiger partial charge in [-0.05, 0) is 25.5 Å². The van der Waals surface area contributed by atoms with E-state index in [0.717, 1.165) is 12.8 Å². The number of aliphatic hydroxyl groups is 1. The Morgan fingerprint density at radius 2 is 2.14 bits per heavy atom. The zero-order valence-electron chi connectivity index (χ0n) is 12.9. The minimum atomic E-state index is -2.09. The largest absolute Gasteiger partial charge is 0.410 e. The molecule has 1 fully saturated rings. The molecule has 0 bridgehead atoms. The Hall–Kier alpha value is -2.08. The molecule has 1 aliphatic rings. The maximum Gasteiger partial charge on any atom is 0.410 e. The van der Waals surface area contributed by atoms with Crippen LogP contribution in [0.3, 0.4) is 0 Å². The molecule has 1 aromatic carbocycles. The zero-order valence-corrected chi connectivity index (χ0v) is 12.9. The lowest BCUT2D eigenvalue weighted by molar-refractivity contribution is -0.175. The molecular formula is C16H22N2O4. The topological polar surface area (TPSA) is 78.9 Å². The quantitative estimate of drug-likeness (QED) is 0.816. The van der Waals surface area contributed by atoms with Gasteiger partial charge in [0.25, 0.3) is 11.7 Å². The molecule has 0 aliphatic carbocycles. The normalized spacial score (nSPS) is 22.5. The third-order valence-corrected chi connectivity index (χ3v) is 3.67. The van der Waals surface area contributed by atoms with Crippen LogP contribution in [0.5, 0.6) is 0 Å². The van der Waals surface area contributed by atoms with Crippen molar-refractivity contribution < 1.29 is 19.4 Å². The van der Waals surface area contributed by atoms with Gasteiger partial charge in [-0.1, -0.05) is 31.5 Å². The summed E-state index contributed by atoms with van der Waals surface area (Å²) >= 11 is 0. The molecule has 22 heavy (non-hydrogen) atoms. The maximum absolute atomic E-state index is 12.3. The van der Waals surface area contributed by atoms with Crippen LogP contribution in [0.1, 0.15) is 33.1 Å². The van der Waals surface area contributed by atoms with Gasteiger partial charge in [-0.15, -0.1) is 0 Å². The molecule has 2 atom stereocenters. The van der Waals surface area contributed by atoms with Gasteiger partial charge in [0.05, 0.1) is 0 Å². The third-order valence-electron chi connectivity index (χ3n) is 3.67. The second kappa shape index (κ2) is 6.79. The Bertz CT molecular complexity index is 534. The smallest absolute Gasteiger partial charge is 0.407 e. The zero-order chi connectivity index (χ0) is 16.2. The van der Waals surface area contributed by atoms with Crippen LogP contribution < -0.4 is 10.2 Å². The standard InChI is InChI=1S/C16H22N2O4/c1-3-7-12(2)17-15(20)22-16(21)10-11-18(14(16)19)13-8-5-4-6-9-13/h4-6,8-9,12,21H,3,7,10-11H2,1-2H3,(H,17,20)/t12?,16-/m0/s1. The summed E-state index contributed by atoms with van der Waals surface area (Å²) in [7, 11) is 0. The van der Waals surface area contributed by atoms with Gasteiger partial charge >= 0.3 is 6.09 Å². The fourth-order valence-electron chi connectivity index (χ4n) is 2.52. The molecule has 120 valence electrons. The van der Waals surface area contributed by atoms with Crippen LogP contribution in [-0.2, 0) is 9.53 Å². The van der Waals surface area contributed by atoms with Crippen LogP contribution in [0.2, 0.25) is 0 Å². The van der Waals surface area contributed by atoms with E-state index in [0.29, 0.717) is 12.2 Å². The molecule has 1 unspecified atom stereocenters. The van der Waals surface area contributed by atoms with Gasteiger partial charge in [-0.2, -0.15) is 0 Å². The van der Waals surface area contributed by atoms with E-state index in [1.807, 2.05) is 19.9 Å². The summed E-state index contributed by atoms with van der Waals surface area (Å²) < 4.78 is 4.99. The Morgan fingerprint density at radius 1 is 1.45 bits per heavy atom. The SMILES string of the molecule is CCCC(C)NC(=O)O[C@@]1(O)CCN(c2ccccc2)C1=O. The van der Waals surface area contributed by atoms with Crippen LogP contribution in [-0.4, -0.2) is 35.5 Å². The second-order valence-electron chi connectivity index (χ2n) is 5.55. The van der Waals surface area contributed by atoms with Gasteiger partial charge in [-0.25, -0.2) is 4.79 Å². The Balaban J connectivity index is 2.00. The number of hydrogen-bond acceptors (Lipinski definition) is 4. The molecule has 0 radical (unpaired) electrons. The molecule has 0 saturated carbocycles. The Labute approximate surface area is 130 Å².